The van der Waals surface area contributed by atoms with E-state index in [0.29, 0.717) is 29.9 Å². The molecule has 1 N–H and O–H groups in total. The number of nitrogens with zero attached hydrogens (tertiary/aromatic N) is 1. The first kappa shape index (κ1) is 27.6. The van der Waals surface area contributed by atoms with Crippen molar-refractivity contribution in [3.63, 3.8) is 0 Å². The molecular formula is C24H34Br2N2O5. The number of rotatable bonds is 14. The van der Waals surface area contributed by atoms with Gasteiger partial charge in [-0.1, -0.05) is 67.8 Å². The van der Waals surface area contributed by atoms with E-state index in [1.165, 1.54) is 37.0 Å². The molecule has 1 fully saturated rings. The van der Waals surface area contributed by atoms with E-state index in [4.69, 9.17) is 9.47 Å². The van der Waals surface area contributed by atoms with Gasteiger partial charge in [0.1, 0.15) is 11.8 Å². The number of benzene rings is 1. The highest BCUT2D eigenvalue weighted by molar-refractivity contribution is 9.11. The number of hydrogen-bond acceptors (Lipinski definition) is 5. The molecule has 0 saturated carbocycles. The first-order chi connectivity index (χ1) is 15.9. The van der Waals surface area contributed by atoms with Crippen LogP contribution in [0.5, 0.6) is 5.75 Å². The van der Waals surface area contributed by atoms with E-state index in [-0.39, 0.29) is 24.8 Å². The van der Waals surface area contributed by atoms with E-state index in [1.807, 2.05) is 12.1 Å². The maximum Gasteiger partial charge on any atom is 0.308 e. The summed E-state index contributed by atoms with van der Waals surface area (Å²) in [6.07, 6.45) is 9.12. The molecule has 0 aromatic heterocycles. The van der Waals surface area contributed by atoms with Gasteiger partial charge in [-0.05, 0) is 40.5 Å². The van der Waals surface area contributed by atoms with Gasteiger partial charge < -0.3 is 19.7 Å². The predicted molar refractivity (Wildman–Crippen MR) is 134 cm³/mol. The van der Waals surface area contributed by atoms with Gasteiger partial charge in [-0.25, -0.2) is 0 Å². The smallest absolute Gasteiger partial charge is 0.308 e. The first-order valence-electron chi connectivity index (χ1n) is 11.7. The average molecular weight is 590 g/mol. The summed E-state index contributed by atoms with van der Waals surface area (Å²) in [6, 6.07) is 4.49. The third-order valence-corrected chi connectivity index (χ3v) is 6.63. The molecule has 1 saturated heterocycles. The fourth-order valence-corrected chi connectivity index (χ4v) is 4.83. The van der Waals surface area contributed by atoms with E-state index in [0.717, 1.165) is 23.7 Å². The number of unbranched alkanes of at least 4 members (excludes halogenated alkanes) is 7. The number of hydrogen-bond donors (Lipinski definition) is 1. The molecule has 1 aromatic rings. The second-order valence-corrected chi connectivity index (χ2v) is 9.93. The molecule has 0 bridgehead atoms. The first-order valence-corrected chi connectivity index (χ1v) is 13.3. The van der Waals surface area contributed by atoms with Gasteiger partial charge >= 0.3 is 5.97 Å². The minimum atomic E-state index is -0.880. The molecule has 0 radical (unpaired) electrons. The van der Waals surface area contributed by atoms with Crippen LogP contribution in [-0.4, -0.2) is 55.0 Å². The van der Waals surface area contributed by atoms with Gasteiger partial charge in [0.2, 0.25) is 5.91 Å². The third-order valence-electron chi connectivity index (χ3n) is 5.52. The highest BCUT2D eigenvalue weighted by atomic mass is 79.9. The number of carbonyl (C=O) groups excluding carboxylic acids is 3. The quantitative estimate of drug-likeness (QED) is 0.244. The summed E-state index contributed by atoms with van der Waals surface area (Å²) in [4.78, 5) is 38.8. The van der Waals surface area contributed by atoms with E-state index in [1.54, 1.807) is 6.07 Å². The highest BCUT2D eigenvalue weighted by Gasteiger charge is 2.35. The Morgan fingerprint density at radius 1 is 1.09 bits per heavy atom. The lowest BCUT2D eigenvalue weighted by molar-refractivity contribution is -0.152. The Balaban J connectivity index is 1.75. The zero-order valence-corrected chi connectivity index (χ0v) is 22.4. The van der Waals surface area contributed by atoms with E-state index in [9.17, 15) is 14.4 Å². The van der Waals surface area contributed by atoms with E-state index < -0.39 is 12.0 Å². The number of piperazine rings is 1. The lowest BCUT2D eigenvalue weighted by Gasteiger charge is -2.34. The van der Waals surface area contributed by atoms with Crippen LogP contribution in [0.4, 0.5) is 0 Å². The second-order valence-electron chi connectivity index (χ2n) is 8.16. The van der Waals surface area contributed by atoms with Crippen LogP contribution in [0.1, 0.15) is 64.7 Å². The number of halogens is 2. The van der Waals surface area contributed by atoms with E-state index in [2.05, 4.69) is 44.1 Å². The molecule has 2 rings (SSSR count). The lowest BCUT2D eigenvalue weighted by atomic mass is 10.1. The van der Waals surface area contributed by atoms with Crippen LogP contribution in [0.15, 0.2) is 27.1 Å². The summed E-state index contributed by atoms with van der Waals surface area (Å²) in [5.74, 6) is -0.632. The van der Waals surface area contributed by atoms with Crippen molar-refractivity contribution in [2.75, 3.05) is 26.3 Å². The fraction of sp³-hybridized carbons (Fsp3) is 0.625. The molecule has 184 valence electrons. The van der Waals surface area contributed by atoms with Gasteiger partial charge in [-0.15, -0.1) is 0 Å². The van der Waals surface area contributed by atoms with Crippen LogP contribution in [0, 0.1) is 0 Å². The van der Waals surface area contributed by atoms with Gasteiger partial charge in [0.15, 0.2) is 6.61 Å². The monoisotopic (exact) mass is 588 g/mol. The second kappa shape index (κ2) is 15.3. The Morgan fingerprint density at radius 2 is 1.79 bits per heavy atom. The zero-order chi connectivity index (χ0) is 24.1. The van der Waals surface area contributed by atoms with Gasteiger partial charge in [-0.3, -0.25) is 14.4 Å². The number of amides is 2. The van der Waals surface area contributed by atoms with Gasteiger partial charge in [0.05, 0.1) is 17.5 Å². The van der Waals surface area contributed by atoms with E-state index >= 15 is 0 Å². The Labute approximate surface area is 213 Å². The summed E-state index contributed by atoms with van der Waals surface area (Å²) in [7, 11) is 0. The average Bonchev–Trinajstić information content (AvgIpc) is 2.78. The van der Waals surface area contributed by atoms with Crippen molar-refractivity contribution in [1.29, 1.82) is 0 Å². The summed E-state index contributed by atoms with van der Waals surface area (Å²) in [5, 5.41) is 2.72. The SMILES string of the molecule is CCCCCCCCCCOC(=O)CC1C(=O)NCCN1C(=O)COc1ccc(Br)cc1Br. The minimum Gasteiger partial charge on any atom is -0.483 e. The van der Waals surface area contributed by atoms with Crippen LogP contribution in [0.2, 0.25) is 0 Å². The lowest BCUT2D eigenvalue weighted by Crippen LogP contribution is -2.58. The number of esters is 1. The van der Waals surface area contributed by atoms with Crippen molar-refractivity contribution in [2.45, 2.75) is 70.8 Å². The Kier molecular flexibility index (Phi) is 12.8. The van der Waals surface area contributed by atoms with Crippen LogP contribution in [0.3, 0.4) is 0 Å². The standard InChI is InChI=1S/C24H34Br2N2O5/c1-2-3-4-5-6-7-8-9-14-32-23(30)16-20-24(31)27-12-13-28(20)22(29)17-33-21-11-10-18(25)15-19(21)26/h10-11,15,20H,2-9,12-14,16-17H2,1H3,(H,27,31). The molecule has 2 amide bonds. The summed E-state index contributed by atoms with van der Waals surface area (Å²) in [5.41, 5.74) is 0. The molecule has 0 spiro atoms. The summed E-state index contributed by atoms with van der Waals surface area (Å²) < 4.78 is 12.5. The van der Waals surface area contributed by atoms with Crippen molar-refractivity contribution < 1.29 is 23.9 Å². The zero-order valence-electron chi connectivity index (χ0n) is 19.2. The molecule has 1 aliphatic heterocycles. The normalized spacial score (nSPS) is 15.8. The molecule has 7 nitrogen and oxygen atoms in total. The van der Waals surface area contributed by atoms with Gasteiger partial charge in [0.25, 0.3) is 5.91 Å². The Hall–Kier alpha value is -1.61. The van der Waals surface area contributed by atoms with Crippen LogP contribution in [-0.2, 0) is 19.1 Å². The predicted octanol–water partition coefficient (Wildman–Crippen LogP) is 4.99. The molecule has 9 heteroatoms. The van der Waals surface area contributed by atoms with Crippen molar-refractivity contribution >= 4 is 49.6 Å². The molecule has 1 unspecified atom stereocenters. The highest BCUT2D eigenvalue weighted by Crippen LogP contribution is 2.28. The molecule has 1 heterocycles. The van der Waals surface area contributed by atoms with Crippen LogP contribution < -0.4 is 10.1 Å². The summed E-state index contributed by atoms with van der Waals surface area (Å²) in [6.45, 7) is 2.99. The van der Waals surface area contributed by atoms with Crippen LogP contribution in [0.25, 0.3) is 0 Å². The fourth-order valence-electron chi connectivity index (χ4n) is 3.67. The van der Waals surface area contributed by atoms with Crippen molar-refractivity contribution in [3.05, 3.63) is 27.1 Å². The molecule has 0 aliphatic carbocycles. The summed E-state index contributed by atoms with van der Waals surface area (Å²) >= 11 is 6.76. The third kappa shape index (κ3) is 10.0. The van der Waals surface area contributed by atoms with Gasteiger partial charge in [0, 0.05) is 17.6 Å². The largest absolute Gasteiger partial charge is 0.483 e. The maximum absolute atomic E-state index is 12.8. The Bertz CT molecular complexity index is 790. The molecule has 33 heavy (non-hydrogen) atoms. The van der Waals surface area contributed by atoms with Crippen molar-refractivity contribution in [2.24, 2.45) is 0 Å². The molecule has 1 aromatic carbocycles. The number of carbonyl (C=O) groups is 3. The Morgan fingerprint density at radius 3 is 2.48 bits per heavy atom. The number of ether oxygens (including phenoxy) is 2. The topological polar surface area (TPSA) is 84.9 Å². The molecule has 1 aliphatic rings. The van der Waals surface area contributed by atoms with Gasteiger partial charge in [-0.2, -0.15) is 0 Å². The number of nitrogens with one attached hydrogen (secondary N) is 1. The van der Waals surface area contributed by atoms with Crippen LogP contribution >= 0.6 is 31.9 Å². The molecule has 1 atom stereocenters. The van der Waals surface area contributed by atoms with Crippen molar-refractivity contribution in [3.8, 4) is 5.75 Å². The van der Waals surface area contributed by atoms with Crippen molar-refractivity contribution in [1.82, 2.24) is 10.2 Å². The molecular weight excluding hydrogens is 556 g/mol. The maximum atomic E-state index is 12.8. The minimum absolute atomic E-state index is 0.156.